The number of benzene rings is 3. The van der Waals surface area contributed by atoms with Gasteiger partial charge < -0.3 is 17.3 Å². The van der Waals surface area contributed by atoms with Crippen LogP contribution in [0.4, 0.5) is 17.3 Å². The molecule has 0 N–H and O–H groups in total. The fourth-order valence-electron chi connectivity index (χ4n) is 2.73. The van der Waals surface area contributed by atoms with E-state index in [1.165, 1.54) is 0 Å². The predicted molar refractivity (Wildman–Crippen MR) is 138 cm³/mol. The molecule has 0 spiro atoms. The lowest BCUT2D eigenvalue weighted by molar-refractivity contribution is 0.368. The molecule has 0 aromatic heterocycles. The topological polar surface area (TPSA) is 0 Å². The molecule has 0 fully saturated rings. The summed E-state index contributed by atoms with van der Waals surface area (Å²) in [7, 11) is -6.11. The van der Waals surface area contributed by atoms with Crippen molar-refractivity contribution in [3.05, 3.63) is 101 Å². The second-order valence-corrected chi connectivity index (χ2v) is 11.4. The molecule has 0 bridgehead atoms. The van der Waals surface area contributed by atoms with Gasteiger partial charge >= 0.3 is 7.25 Å². The number of hydrogen-bond donors (Lipinski definition) is 0. The molecule has 0 aliphatic rings. The maximum atomic E-state index is 9.75. The first-order valence-corrected chi connectivity index (χ1v) is 13.1. The average molecular weight is 599 g/mol. The van der Waals surface area contributed by atoms with Crippen LogP contribution in [0.1, 0.15) is 16.7 Å². The standard InChI is InChI=1S/C21H15Cl6S.BF4/c22-16-4-1-13(19(25)7-16)10-28(11-14-2-5-17(23)8-20(14)26)12-15-3-6-18(24)9-21(15)27;2-1(3,4)5/h1-9H,10-12H2;/q+1;-1. The molecule has 0 nitrogen and oxygen atoms in total. The molecule has 0 aliphatic heterocycles. The van der Waals surface area contributed by atoms with E-state index in [9.17, 15) is 17.3 Å². The largest absolute Gasteiger partial charge is 0.673 e. The zero-order chi connectivity index (χ0) is 24.8. The van der Waals surface area contributed by atoms with Gasteiger partial charge in [0, 0.05) is 57.7 Å². The smallest absolute Gasteiger partial charge is 0.418 e. The molecule has 0 saturated heterocycles. The molecule has 0 atom stereocenters. The minimum absolute atomic E-state index is 0.111. The first-order valence-electron chi connectivity index (χ1n) is 9.15. The normalized spacial score (nSPS) is 11.4. The van der Waals surface area contributed by atoms with Crippen LogP contribution < -0.4 is 0 Å². The lowest BCUT2D eigenvalue weighted by Gasteiger charge is -2.13. The van der Waals surface area contributed by atoms with Crippen molar-refractivity contribution in [3.8, 4) is 0 Å². The summed E-state index contributed by atoms with van der Waals surface area (Å²) < 4.78 is 39.0. The van der Waals surface area contributed by atoms with Gasteiger partial charge in [-0.2, -0.15) is 0 Å². The van der Waals surface area contributed by atoms with Crippen molar-refractivity contribution in [1.29, 1.82) is 0 Å². The van der Waals surface area contributed by atoms with Gasteiger partial charge in [-0.05, 0) is 36.4 Å². The fraction of sp³-hybridized carbons (Fsp3) is 0.143. The Bertz CT molecular complexity index is 964. The summed E-state index contributed by atoms with van der Waals surface area (Å²) in [5.74, 6) is 2.36. The van der Waals surface area contributed by atoms with Crippen LogP contribution in [0.3, 0.4) is 0 Å². The van der Waals surface area contributed by atoms with Crippen LogP contribution in [-0.4, -0.2) is 7.25 Å². The minimum atomic E-state index is -6.00. The van der Waals surface area contributed by atoms with Crippen LogP contribution in [0.25, 0.3) is 0 Å². The van der Waals surface area contributed by atoms with Crippen molar-refractivity contribution in [2.75, 3.05) is 0 Å². The van der Waals surface area contributed by atoms with Crippen LogP contribution in [-0.2, 0) is 28.2 Å². The molecule has 0 aliphatic carbocycles. The van der Waals surface area contributed by atoms with E-state index in [1.807, 2.05) is 36.4 Å². The van der Waals surface area contributed by atoms with Gasteiger partial charge in [0.25, 0.3) is 0 Å². The predicted octanol–water partition coefficient (Wildman–Crippen LogP) is 10.4. The first kappa shape index (κ1) is 28.8. The molecular formula is C21H15BCl6F4S. The summed E-state index contributed by atoms with van der Waals surface area (Å²) in [6, 6.07) is 16.8. The highest BCUT2D eigenvalue weighted by Gasteiger charge is 2.25. The Morgan fingerprint density at radius 2 is 0.758 bits per heavy atom. The highest BCUT2D eigenvalue weighted by molar-refractivity contribution is 7.94. The zero-order valence-corrected chi connectivity index (χ0v) is 21.9. The Morgan fingerprint density at radius 3 is 0.970 bits per heavy atom. The molecule has 0 unspecified atom stereocenters. The molecule has 3 aromatic carbocycles. The third-order valence-corrected chi connectivity index (χ3v) is 8.04. The lowest BCUT2D eigenvalue weighted by Crippen LogP contribution is -2.13. The van der Waals surface area contributed by atoms with Gasteiger partial charge in [0.15, 0.2) is 0 Å². The van der Waals surface area contributed by atoms with E-state index in [1.54, 1.807) is 18.2 Å². The van der Waals surface area contributed by atoms with Gasteiger partial charge in [0.1, 0.15) is 17.3 Å². The van der Waals surface area contributed by atoms with Gasteiger partial charge in [0.2, 0.25) is 0 Å². The van der Waals surface area contributed by atoms with E-state index in [2.05, 4.69) is 0 Å². The van der Waals surface area contributed by atoms with Crippen molar-refractivity contribution >= 4 is 87.8 Å². The Labute approximate surface area is 222 Å². The average Bonchev–Trinajstić information content (AvgIpc) is 2.67. The van der Waals surface area contributed by atoms with Crippen molar-refractivity contribution < 1.29 is 17.3 Å². The molecule has 33 heavy (non-hydrogen) atoms. The van der Waals surface area contributed by atoms with Crippen molar-refractivity contribution in [1.82, 2.24) is 0 Å². The molecule has 0 saturated carbocycles. The Kier molecular flexibility index (Phi) is 11.3. The second kappa shape index (κ2) is 13.0. The van der Waals surface area contributed by atoms with Gasteiger partial charge in [0.05, 0.1) is 0 Å². The quantitative estimate of drug-likeness (QED) is 0.150. The van der Waals surface area contributed by atoms with Crippen LogP contribution in [0.2, 0.25) is 30.1 Å². The van der Waals surface area contributed by atoms with Gasteiger partial charge in [-0.25, -0.2) is 0 Å². The second-order valence-electron chi connectivity index (χ2n) is 6.75. The first-order chi connectivity index (χ1) is 15.3. The van der Waals surface area contributed by atoms with Gasteiger partial charge in [-0.3, -0.25) is 0 Å². The van der Waals surface area contributed by atoms with Crippen molar-refractivity contribution in [3.63, 3.8) is 0 Å². The number of hydrogen-bond acceptors (Lipinski definition) is 0. The molecule has 3 rings (SSSR count). The van der Waals surface area contributed by atoms with E-state index in [-0.39, 0.29) is 10.9 Å². The number of rotatable bonds is 6. The van der Waals surface area contributed by atoms with E-state index in [0.717, 1.165) is 33.9 Å². The summed E-state index contributed by atoms with van der Waals surface area (Å²) >= 11 is 37.4. The van der Waals surface area contributed by atoms with Crippen molar-refractivity contribution in [2.24, 2.45) is 0 Å². The maximum absolute atomic E-state index is 9.75. The summed E-state index contributed by atoms with van der Waals surface area (Å²) in [6.07, 6.45) is 0. The van der Waals surface area contributed by atoms with Crippen LogP contribution in [0.5, 0.6) is 0 Å². The van der Waals surface area contributed by atoms with E-state index >= 15 is 0 Å². The zero-order valence-electron chi connectivity index (χ0n) is 16.6. The third kappa shape index (κ3) is 10.8. The monoisotopic (exact) mass is 596 g/mol. The highest BCUT2D eigenvalue weighted by atomic mass is 35.5. The summed E-state index contributed by atoms with van der Waals surface area (Å²) in [6.45, 7) is 0. The molecule has 0 amide bonds. The SMILES string of the molecule is Clc1ccc(C[S+](Cc2ccc(Cl)cc2Cl)Cc2ccc(Cl)cc2Cl)c(Cl)c1.F[B-](F)(F)F. The molecular weight excluding hydrogens is 584 g/mol. The van der Waals surface area contributed by atoms with Gasteiger partial charge in [-0.1, -0.05) is 87.8 Å². The molecule has 178 valence electrons. The maximum Gasteiger partial charge on any atom is 0.673 e. The van der Waals surface area contributed by atoms with Crippen LogP contribution >= 0.6 is 69.6 Å². The minimum Gasteiger partial charge on any atom is -0.418 e. The number of halogens is 10. The Hall–Kier alpha value is -0.465. The van der Waals surface area contributed by atoms with Crippen molar-refractivity contribution in [2.45, 2.75) is 17.3 Å². The third-order valence-electron chi connectivity index (χ3n) is 4.12. The summed E-state index contributed by atoms with van der Waals surface area (Å²) in [5.41, 5.74) is 3.14. The highest BCUT2D eigenvalue weighted by Crippen LogP contribution is 2.31. The Morgan fingerprint density at radius 1 is 0.515 bits per heavy atom. The molecule has 12 heteroatoms. The van der Waals surface area contributed by atoms with Crippen LogP contribution in [0, 0.1) is 0 Å². The van der Waals surface area contributed by atoms with Crippen LogP contribution in [0.15, 0.2) is 54.6 Å². The lowest BCUT2D eigenvalue weighted by atomic mass is 10.2. The summed E-state index contributed by atoms with van der Waals surface area (Å²) in [4.78, 5) is 0. The van der Waals surface area contributed by atoms with E-state index in [4.69, 9.17) is 69.6 Å². The summed E-state index contributed by atoms with van der Waals surface area (Å²) in [5, 5.41) is 3.85. The van der Waals surface area contributed by atoms with E-state index < -0.39 is 7.25 Å². The fourth-order valence-corrected chi connectivity index (χ4v) is 6.77. The Balaban J connectivity index is 0.000000696. The molecule has 0 heterocycles. The van der Waals surface area contributed by atoms with Gasteiger partial charge in [-0.15, -0.1) is 0 Å². The van der Waals surface area contributed by atoms with E-state index in [0.29, 0.717) is 30.1 Å². The molecule has 0 radical (unpaired) electrons. The molecule has 3 aromatic rings.